The Bertz CT molecular complexity index is 706. The summed E-state index contributed by atoms with van der Waals surface area (Å²) in [5.41, 5.74) is 8.04. The number of Topliss-reactive ketones (excluding diaryl/α,β-unsaturated/α-hetero) is 1. The Morgan fingerprint density at radius 1 is 1.07 bits per heavy atom. The highest BCUT2D eigenvalue weighted by atomic mass is 35.5. The van der Waals surface area contributed by atoms with Crippen LogP contribution in [0.3, 0.4) is 0 Å². The molecule has 1 amide bonds. The number of thiophene rings is 1. The molecule has 1 aliphatic rings. The molecule has 0 saturated carbocycles. The summed E-state index contributed by atoms with van der Waals surface area (Å²) < 4.78 is 0. The van der Waals surface area contributed by atoms with Gasteiger partial charge < -0.3 is 10.5 Å². The number of ketones is 1. The van der Waals surface area contributed by atoms with E-state index >= 15 is 0 Å². The lowest BCUT2D eigenvalue weighted by molar-refractivity contribution is -0.115. The van der Waals surface area contributed by atoms with Crippen LogP contribution in [-0.4, -0.2) is 11.7 Å². The van der Waals surface area contributed by atoms with Crippen LogP contribution in [-0.2, 0) is 24.1 Å². The van der Waals surface area contributed by atoms with E-state index in [9.17, 15) is 9.59 Å². The minimum atomic E-state index is -0.322. The topological polar surface area (TPSA) is 60.2 Å². The molecule has 0 aliphatic heterocycles. The van der Waals surface area contributed by atoms with Crippen LogP contribution in [0, 0.1) is 0 Å². The van der Waals surface area contributed by atoms with Crippen LogP contribution < -0.4 is 5.73 Å². The maximum atomic E-state index is 10.7. The van der Waals surface area contributed by atoms with E-state index in [0.29, 0.717) is 4.88 Å². The van der Waals surface area contributed by atoms with Crippen LogP contribution in [0.5, 0.6) is 0 Å². The summed E-state index contributed by atoms with van der Waals surface area (Å²) in [6.45, 7) is 9.17. The van der Waals surface area contributed by atoms with E-state index in [1.54, 1.807) is 6.07 Å². The molecule has 1 aliphatic carbocycles. The summed E-state index contributed by atoms with van der Waals surface area (Å²) in [6, 6.07) is 9.96. The van der Waals surface area contributed by atoms with Crippen molar-refractivity contribution in [2.45, 2.75) is 66.7 Å². The maximum absolute atomic E-state index is 10.7. The highest BCUT2D eigenvalue weighted by molar-refractivity contribution is 7.14. The third-order valence-electron chi connectivity index (χ3n) is 3.46. The monoisotopic (exact) mass is 409 g/mol. The number of rotatable bonds is 3. The van der Waals surface area contributed by atoms with Gasteiger partial charge in [-0.05, 0) is 74.9 Å². The van der Waals surface area contributed by atoms with Crippen molar-refractivity contribution < 1.29 is 9.59 Å². The summed E-state index contributed by atoms with van der Waals surface area (Å²) in [6.07, 6.45) is 5.91. The zero-order valence-electron chi connectivity index (χ0n) is 17.1. The van der Waals surface area contributed by atoms with Crippen LogP contribution in [0.1, 0.15) is 73.1 Å². The van der Waals surface area contributed by atoms with Crippen LogP contribution in [0.15, 0.2) is 30.3 Å². The van der Waals surface area contributed by atoms with Gasteiger partial charge in [-0.3, -0.25) is 4.79 Å². The third-order valence-corrected chi connectivity index (χ3v) is 4.86. The molecule has 5 heteroatoms. The van der Waals surface area contributed by atoms with Crippen molar-refractivity contribution in [1.29, 1.82) is 0 Å². The second kappa shape index (κ2) is 14.4. The Kier molecular flexibility index (Phi) is 13.5. The van der Waals surface area contributed by atoms with Gasteiger partial charge in [-0.15, -0.1) is 11.3 Å². The van der Waals surface area contributed by atoms with Gasteiger partial charge in [0.05, 0.1) is 4.88 Å². The van der Waals surface area contributed by atoms with E-state index in [2.05, 4.69) is 19.1 Å². The van der Waals surface area contributed by atoms with Crippen LogP contribution in [0.25, 0.3) is 0 Å². The molecule has 0 saturated heterocycles. The van der Waals surface area contributed by atoms with Gasteiger partial charge in [-0.2, -0.15) is 0 Å². The molecule has 1 aromatic heterocycles. The molecular weight excluding hydrogens is 378 g/mol. The zero-order chi connectivity index (χ0) is 20.8. The Labute approximate surface area is 172 Å². The van der Waals surface area contributed by atoms with E-state index in [1.807, 2.05) is 26.0 Å². The number of hydrogen-bond donors (Lipinski definition) is 1. The number of aryl methyl sites for hydroxylation is 3. The molecule has 3 rings (SSSR count). The van der Waals surface area contributed by atoms with Crippen molar-refractivity contribution in [3.8, 4) is 0 Å². The van der Waals surface area contributed by atoms with Gasteiger partial charge in [0.25, 0.3) is 5.91 Å². The van der Waals surface area contributed by atoms with Gasteiger partial charge in [0.2, 0.25) is 0 Å². The van der Waals surface area contributed by atoms with E-state index in [1.165, 1.54) is 60.5 Å². The first-order valence-electron chi connectivity index (χ1n) is 9.46. The van der Waals surface area contributed by atoms with E-state index in [4.69, 9.17) is 17.3 Å². The van der Waals surface area contributed by atoms with Crippen molar-refractivity contribution in [3.63, 3.8) is 0 Å². The van der Waals surface area contributed by atoms with E-state index in [0.717, 1.165) is 17.9 Å². The fourth-order valence-corrected chi connectivity index (χ4v) is 3.59. The predicted molar refractivity (Wildman–Crippen MR) is 118 cm³/mol. The second-order valence-electron chi connectivity index (χ2n) is 6.06. The number of halogens is 1. The molecule has 0 bridgehead atoms. The highest BCUT2D eigenvalue weighted by Crippen LogP contribution is 2.24. The minimum Gasteiger partial charge on any atom is -0.365 e. The van der Waals surface area contributed by atoms with Crippen molar-refractivity contribution in [3.05, 3.63) is 56.2 Å². The van der Waals surface area contributed by atoms with Crippen molar-refractivity contribution in [1.82, 2.24) is 0 Å². The Morgan fingerprint density at radius 2 is 1.67 bits per heavy atom. The van der Waals surface area contributed by atoms with Crippen molar-refractivity contribution >= 4 is 34.6 Å². The lowest BCUT2D eigenvalue weighted by Gasteiger charge is -1.96. The predicted octanol–water partition coefficient (Wildman–Crippen LogP) is 6.25. The van der Waals surface area contributed by atoms with Crippen LogP contribution in [0.4, 0.5) is 0 Å². The van der Waals surface area contributed by atoms with Crippen molar-refractivity contribution in [2.75, 3.05) is 0 Å². The molecule has 150 valence electrons. The summed E-state index contributed by atoms with van der Waals surface area (Å²) >= 11 is 7.31. The largest absolute Gasteiger partial charge is 0.365 e. The van der Waals surface area contributed by atoms with E-state index in [-0.39, 0.29) is 11.7 Å². The summed E-state index contributed by atoms with van der Waals surface area (Å²) in [7, 11) is 0. The molecule has 0 fully saturated rings. The summed E-state index contributed by atoms with van der Waals surface area (Å²) in [5, 5.41) is 0.876. The number of amides is 1. The normalized spacial score (nSPS) is 10.9. The number of primary amides is 1. The fourth-order valence-electron chi connectivity index (χ4n) is 2.43. The molecule has 1 aromatic carbocycles. The first-order valence-corrected chi connectivity index (χ1v) is 10.7. The molecule has 1 heterocycles. The number of benzene rings is 1. The van der Waals surface area contributed by atoms with E-state index < -0.39 is 0 Å². The number of nitrogens with two attached hydrogens (primary N) is 1. The number of fused-ring (bicyclic) bond motifs is 1. The molecule has 0 unspecified atom stereocenters. The molecule has 27 heavy (non-hydrogen) atoms. The molecule has 0 atom stereocenters. The van der Waals surface area contributed by atoms with Gasteiger partial charge in [0.1, 0.15) is 5.78 Å². The first-order chi connectivity index (χ1) is 12.8. The van der Waals surface area contributed by atoms with Crippen molar-refractivity contribution in [2.24, 2.45) is 5.73 Å². The molecule has 0 radical (unpaired) electrons. The fraction of sp³-hybridized carbons (Fsp3) is 0.455. The standard InChI is InChI=1S/C9H9Cl.C8H11NOS.C3H6O.C2H6/c10-9-5-4-7-2-1-3-8(7)6-9;1-2-3-6-4-5-7(11-6)8(9)10;1-3(2)4;1-2/h4-6H,1-3H2;4-5H,2-3H2,1H3,(H2,9,10);1-2H3;1-2H3. The Balaban J connectivity index is 0.000000391. The smallest absolute Gasteiger partial charge is 0.258 e. The average molecular weight is 410 g/mol. The lowest BCUT2D eigenvalue weighted by atomic mass is 10.1. The molecular formula is C22H32ClNO2S. The first kappa shape index (κ1) is 25.4. The molecule has 0 spiro atoms. The molecule has 2 aromatic rings. The quantitative estimate of drug-likeness (QED) is 0.651. The number of carbonyl (C=O) groups is 2. The van der Waals surface area contributed by atoms with Gasteiger partial charge in [-0.1, -0.05) is 44.9 Å². The maximum Gasteiger partial charge on any atom is 0.258 e. The number of hydrogen-bond acceptors (Lipinski definition) is 3. The SMILES string of the molecule is CC.CC(C)=O.CCCc1ccc(C(N)=O)s1.Clc1ccc2c(c1)CCC2. The summed E-state index contributed by atoms with van der Waals surface area (Å²) in [4.78, 5) is 22.0. The average Bonchev–Trinajstić information content (AvgIpc) is 3.26. The van der Waals surface area contributed by atoms with Gasteiger partial charge in [-0.25, -0.2) is 0 Å². The van der Waals surface area contributed by atoms with Gasteiger partial charge >= 0.3 is 0 Å². The zero-order valence-corrected chi connectivity index (χ0v) is 18.7. The minimum absolute atomic E-state index is 0.167. The number of carbonyl (C=O) groups excluding carboxylic acids is 2. The second-order valence-corrected chi connectivity index (χ2v) is 7.66. The van der Waals surface area contributed by atoms with Crippen LogP contribution in [0.2, 0.25) is 5.02 Å². The molecule has 2 N–H and O–H groups in total. The van der Waals surface area contributed by atoms with Gasteiger partial charge in [0.15, 0.2) is 0 Å². The van der Waals surface area contributed by atoms with Gasteiger partial charge in [0, 0.05) is 9.90 Å². The van der Waals surface area contributed by atoms with Crippen LogP contribution >= 0.6 is 22.9 Å². The highest BCUT2D eigenvalue weighted by Gasteiger charge is 2.09. The Hall–Kier alpha value is -1.65. The lowest BCUT2D eigenvalue weighted by Crippen LogP contribution is -2.08. The summed E-state index contributed by atoms with van der Waals surface area (Å²) in [5.74, 6) is -0.155. The molecule has 3 nitrogen and oxygen atoms in total. The Morgan fingerprint density at radius 3 is 2.19 bits per heavy atom. The third kappa shape index (κ3) is 10.9.